The Bertz CT molecular complexity index is 516. The molecule has 1 aromatic carbocycles. The second kappa shape index (κ2) is 7.22. The van der Waals surface area contributed by atoms with Crippen molar-refractivity contribution in [2.45, 2.75) is 32.9 Å². The van der Waals surface area contributed by atoms with Gasteiger partial charge in [-0.1, -0.05) is 24.3 Å². The van der Waals surface area contributed by atoms with Gasteiger partial charge in [0.25, 0.3) is 0 Å². The lowest BCUT2D eigenvalue weighted by molar-refractivity contribution is -0.137. The number of carbonyl (C=O) groups is 2. The first-order valence-corrected chi connectivity index (χ1v) is 7.51. The van der Waals surface area contributed by atoms with Crippen LogP contribution in [0.1, 0.15) is 25.0 Å². The molecule has 2 amide bonds. The minimum atomic E-state index is -0.241. The number of amides is 2. The van der Waals surface area contributed by atoms with Crippen molar-refractivity contribution in [1.82, 2.24) is 15.5 Å². The van der Waals surface area contributed by atoms with Crippen molar-refractivity contribution in [2.24, 2.45) is 0 Å². The van der Waals surface area contributed by atoms with Gasteiger partial charge < -0.3 is 15.5 Å². The Morgan fingerprint density at radius 2 is 2.00 bits per heavy atom. The van der Waals surface area contributed by atoms with E-state index in [1.54, 1.807) is 4.90 Å². The summed E-state index contributed by atoms with van der Waals surface area (Å²) in [4.78, 5) is 25.8. The predicted octanol–water partition coefficient (Wildman–Crippen LogP) is 0.686. The Hall–Kier alpha value is -1.88. The van der Waals surface area contributed by atoms with Gasteiger partial charge in [0.05, 0.1) is 12.6 Å². The Kier molecular flexibility index (Phi) is 5.33. The fourth-order valence-electron chi connectivity index (χ4n) is 2.62. The zero-order valence-corrected chi connectivity index (χ0v) is 12.7. The summed E-state index contributed by atoms with van der Waals surface area (Å²) in [6.45, 7) is 5.72. The second-order valence-electron chi connectivity index (χ2n) is 5.21. The van der Waals surface area contributed by atoms with Crippen LogP contribution < -0.4 is 10.6 Å². The second-order valence-corrected chi connectivity index (χ2v) is 5.21. The Balaban J connectivity index is 2.01. The highest BCUT2D eigenvalue weighted by atomic mass is 16.2. The van der Waals surface area contributed by atoms with Gasteiger partial charge in [0.15, 0.2) is 0 Å². The van der Waals surface area contributed by atoms with E-state index in [1.807, 2.05) is 26.0 Å². The third-order valence-electron chi connectivity index (χ3n) is 3.78. The number of fused-ring (bicyclic) bond motifs is 1. The van der Waals surface area contributed by atoms with Crippen molar-refractivity contribution >= 4 is 11.8 Å². The third-order valence-corrected chi connectivity index (χ3v) is 3.78. The zero-order valence-electron chi connectivity index (χ0n) is 12.7. The Morgan fingerprint density at radius 3 is 2.67 bits per heavy atom. The molecule has 21 heavy (non-hydrogen) atoms. The smallest absolute Gasteiger partial charge is 0.240 e. The van der Waals surface area contributed by atoms with Crippen LogP contribution in [0.4, 0.5) is 0 Å². The molecule has 1 aliphatic rings. The van der Waals surface area contributed by atoms with Crippen LogP contribution in [-0.4, -0.2) is 42.4 Å². The van der Waals surface area contributed by atoms with Gasteiger partial charge in [-0.05, 0) is 31.4 Å². The monoisotopic (exact) mass is 289 g/mol. The van der Waals surface area contributed by atoms with Crippen LogP contribution in [-0.2, 0) is 22.6 Å². The average Bonchev–Trinajstić information content (AvgIpc) is 2.51. The van der Waals surface area contributed by atoms with Gasteiger partial charge in [-0.3, -0.25) is 9.59 Å². The number of nitrogens with zero attached hydrogens (tertiary/aromatic N) is 1. The number of rotatable bonds is 5. The van der Waals surface area contributed by atoms with Gasteiger partial charge in [0.2, 0.25) is 11.8 Å². The van der Waals surface area contributed by atoms with Crippen molar-refractivity contribution in [1.29, 1.82) is 0 Å². The Morgan fingerprint density at radius 1 is 1.29 bits per heavy atom. The molecule has 114 valence electrons. The van der Waals surface area contributed by atoms with Gasteiger partial charge in [0.1, 0.15) is 0 Å². The highest BCUT2D eigenvalue weighted by Crippen LogP contribution is 2.17. The molecule has 0 bridgehead atoms. The minimum absolute atomic E-state index is 0.00161. The van der Waals surface area contributed by atoms with Crippen LogP contribution in [0.15, 0.2) is 24.3 Å². The topological polar surface area (TPSA) is 61.4 Å². The summed E-state index contributed by atoms with van der Waals surface area (Å²) in [7, 11) is 0. The lowest BCUT2D eigenvalue weighted by Crippen LogP contribution is -2.51. The van der Waals surface area contributed by atoms with Crippen molar-refractivity contribution in [3.05, 3.63) is 35.4 Å². The van der Waals surface area contributed by atoms with Crippen LogP contribution in [0, 0.1) is 0 Å². The first-order valence-electron chi connectivity index (χ1n) is 7.51. The summed E-state index contributed by atoms with van der Waals surface area (Å²) in [6, 6.07) is 7.91. The Labute approximate surface area is 125 Å². The summed E-state index contributed by atoms with van der Waals surface area (Å²) in [5.74, 6) is -0.109. The highest BCUT2D eigenvalue weighted by Gasteiger charge is 2.28. The molecule has 0 saturated carbocycles. The summed E-state index contributed by atoms with van der Waals surface area (Å²) in [5.41, 5.74) is 2.46. The maximum atomic E-state index is 12.6. The van der Waals surface area contributed by atoms with Crippen molar-refractivity contribution in [2.75, 3.05) is 19.6 Å². The number of benzene rings is 1. The summed E-state index contributed by atoms with van der Waals surface area (Å²) in [5, 5.41) is 6.00. The van der Waals surface area contributed by atoms with E-state index in [9.17, 15) is 9.59 Å². The van der Waals surface area contributed by atoms with E-state index in [0.717, 1.165) is 0 Å². The largest absolute Gasteiger partial charge is 0.355 e. The van der Waals surface area contributed by atoms with E-state index >= 15 is 0 Å². The van der Waals surface area contributed by atoms with Crippen LogP contribution in [0.5, 0.6) is 0 Å². The zero-order chi connectivity index (χ0) is 15.2. The number of hydrogen-bond acceptors (Lipinski definition) is 3. The normalized spacial score (nSPS) is 17.0. The van der Waals surface area contributed by atoms with E-state index in [0.29, 0.717) is 26.1 Å². The summed E-state index contributed by atoms with van der Waals surface area (Å²) < 4.78 is 0. The lowest BCUT2D eigenvalue weighted by atomic mass is 9.95. The van der Waals surface area contributed by atoms with E-state index in [-0.39, 0.29) is 24.4 Å². The maximum absolute atomic E-state index is 12.6. The van der Waals surface area contributed by atoms with Crippen LogP contribution in [0.25, 0.3) is 0 Å². The van der Waals surface area contributed by atoms with Crippen molar-refractivity contribution in [3.8, 4) is 0 Å². The molecule has 0 unspecified atom stereocenters. The molecule has 0 radical (unpaired) electrons. The van der Waals surface area contributed by atoms with E-state index in [4.69, 9.17) is 0 Å². The van der Waals surface area contributed by atoms with E-state index in [1.165, 1.54) is 11.1 Å². The molecule has 1 heterocycles. The summed E-state index contributed by atoms with van der Waals surface area (Å²) >= 11 is 0. The molecule has 0 fully saturated rings. The first kappa shape index (κ1) is 15.5. The molecule has 1 atom stereocenters. The molecular formula is C16H23N3O2. The molecule has 5 heteroatoms. The highest BCUT2D eigenvalue weighted by molar-refractivity contribution is 5.87. The standard InChI is InChI=1S/C16H23N3O2/c1-3-17-15(20)11-19(4-2)16(21)14-9-12-7-5-6-8-13(12)10-18-14/h5-8,14,18H,3-4,9-11H2,1-2H3,(H,17,20)/t14-/m1/s1. The molecule has 1 aromatic rings. The van der Waals surface area contributed by atoms with Crippen LogP contribution >= 0.6 is 0 Å². The molecule has 1 aliphatic heterocycles. The maximum Gasteiger partial charge on any atom is 0.240 e. The molecule has 2 N–H and O–H groups in total. The molecule has 0 saturated heterocycles. The van der Waals surface area contributed by atoms with Gasteiger partial charge in [-0.2, -0.15) is 0 Å². The number of hydrogen-bond donors (Lipinski definition) is 2. The molecule has 5 nitrogen and oxygen atoms in total. The van der Waals surface area contributed by atoms with Crippen LogP contribution in [0.3, 0.4) is 0 Å². The van der Waals surface area contributed by atoms with Crippen molar-refractivity contribution in [3.63, 3.8) is 0 Å². The average molecular weight is 289 g/mol. The van der Waals surface area contributed by atoms with Crippen molar-refractivity contribution < 1.29 is 9.59 Å². The number of likely N-dealkylation sites (N-methyl/N-ethyl adjacent to an activating group) is 2. The van der Waals surface area contributed by atoms with E-state index < -0.39 is 0 Å². The van der Waals surface area contributed by atoms with Gasteiger partial charge in [0, 0.05) is 19.6 Å². The van der Waals surface area contributed by atoms with Gasteiger partial charge in [-0.15, -0.1) is 0 Å². The molecule has 0 spiro atoms. The first-order chi connectivity index (χ1) is 10.2. The third kappa shape index (κ3) is 3.82. The molecule has 2 rings (SSSR count). The van der Waals surface area contributed by atoms with Gasteiger partial charge in [-0.25, -0.2) is 0 Å². The lowest BCUT2D eigenvalue weighted by Gasteiger charge is -2.30. The minimum Gasteiger partial charge on any atom is -0.355 e. The predicted molar refractivity (Wildman–Crippen MR) is 81.7 cm³/mol. The number of carbonyl (C=O) groups excluding carboxylic acids is 2. The quantitative estimate of drug-likeness (QED) is 0.838. The fraction of sp³-hybridized carbons (Fsp3) is 0.500. The molecular weight excluding hydrogens is 266 g/mol. The summed E-state index contributed by atoms with van der Waals surface area (Å²) in [6.07, 6.45) is 0.681. The van der Waals surface area contributed by atoms with E-state index in [2.05, 4.69) is 22.8 Å². The molecule has 0 aromatic heterocycles. The SMILES string of the molecule is CCNC(=O)CN(CC)C(=O)[C@H]1Cc2ccccc2CN1. The fourth-order valence-corrected chi connectivity index (χ4v) is 2.62. The molecule has 0 aliphatic carbocycles. The van der Waals surface area contributed by atoms with Gasteiger partial charge >= 0.3 is 0 Å². The van der Waals surface area contributed by atoms with Crippen LogP contribution in [0.2, 0.25) is 0 Å². The number of nitrogens with one attached hydrogen (secondary N) is 2.